The summed E-state index contributed by atoms with van der Waals surface area (Å²) in [4.78, 5) is 49.6. The van der Waals surface area contributed by atoms with Crippen LogP contribution in [0.25, 0.3) is 0 Å². The van der Waals surface area contributed by atoms with Crippen molar-refractivity contribution in [1.29, 1.82) is 0 Å². The summed E-state index contributed by atoms with van der Waals surface area (Å²) in [5, 5.41) is 26.7. The molecule has 0 saturated carbocycles. The van der Waals surface area contributed by atoms with Crippen LogP contribution < -0.4 is 16.0 Å². The van der Waals surface area contributed by atoms with E-state index in [0.29, 0.717) is 11.1 Å². The highest BCUT2D eigenvalue weighted by atomic mass is 35.5. The molecule has 0 aromatic heterocycles. The summed E-state index contributed by atoms with van der Waals surface area (Å²) in [6.07, 6.45) is 3.63. The van der Waals surface area contributed by atoms with Crippen LogP contribution in [0.3, 0.4) is 0 Å². The largest absolute Gasteiger partial charge is 0.508 e. The molecule has 0 saturated heterocycles. The van der Waals surface area contributed by atoms with Gasteiger partial charge in [0.15, 0.2) is 0 Å². The smallest absolute Gasteiger partial charge is 0.328 e. The molecule has 1 atom stereocenters. The molecule has 0 heterocycles. The number of allylic oxidation sites excluding steroid dienone is 4. The standard InChI is InChI=1S/C28H28ClN3O6/c1-4-20-15(2)10-22(16(20)3)26(35)31-14-24(28(37)38)32-27(36)21-9-8-18(12-23(21)29)25(34)30-13-17-6-5-7-19(33)11-17/h4-12,24,33H,13-14H2,1-3H3,(H,30,34)(H,31,35)(H,32,36)(H,37,38)/b20-4-. The van der Waals surface area contributed by atoms with Gasteiger partial charge in [0.05, 0.1) is 10.6 Å². The summed E-state index contributed by atoms with van der Waals surface area (Å²) >= 11 is 6.23. The molecular formula is C28H28ClN3O6. The molecular weight excluding hydrogens is 510 g/mol. The molecule has 2 aromatic carbocycles. The van der Waals surface area contributed by atoms with Gasteiger partial charge < -0.3 is 26.2 Å². The highest BCUT2D eigenvalue weighted by molar-refractivity contribution is 6.34. The minimum atomic E-state index is -1.42. The van der Waals surface area contributed by atoms with Crippen molar-refractivity contribution in [3.8, 4) is 5.75 Å². The first-order chi connectivity index (χ1) is 18.0. The van der Waals surface area contributed by atoms with E-state index in [-0.39, 0.29) is 35.0 Å². The van der Waals surface area contributed by atoms with Crippen molar-refractivity contribution < 1.29 is 29.4 Å². The lowest BCUT2D eigenvalue weighted by Gasteiger charge is -2.16. The molecule has 198 valence electrons. The molecule has 5 N–H and O–H groups in total. The highest BCUT2D eigenvalue weighted by Crippen LogP contribution is 2.30. The quantitative estimate of drug-likeness (QED) is 0.331. The van der Waals surface area contributed by atoms with E-state index in [0.717, 1.165) is 16.7 Å². The monoisotopic (exact) mass is 537 g/mol. The molecule has 0 radical (unpaired) electrons. The Hall–Kier alpha value is -4.37. The maximum Gasteiger partial charge on any atom is 0.328 e. The van der Waals surface area contributed by atoms with Gasteiger partial charge in [-0.1, -0.05) is 29.8 Å². The minimum absolute atomic E-state index is 0.0283. The van der Waals surface area contributed by atoms with Crippen LogP contribution in [-0.2, 0) is 16.1 Å². The van der Waals surface area contributed by atoms with Crippen LogP contribution >= 0.6 is 11.6 Å². The first kappa shape index (κ1) is 28.2. The third kappa shape index (κ3) is 6.68. The summed E-state index contributed by atoms with van der Waals surface area (Å²) in [7, 11) is 0. The Kier molecular flexibility index (Phi) is 9.09. The fourth-order valence-electron chi connectivity index (χ4n) is 4.04. The number of carbonyl (C=O) groups excluding carboxylic acids is 3. The van der Waals surface area contributed by atoms with Gasteiger partial charge in [-0.25, -0.2) is 4.79 Å². The van der Waals surface area contributed by atoms with E-state index in [9.17, 15) is 29.4 Å². The lowest BCUT2D eigenvalue weighted by Crippen LogP contribution is -2.48. The second-order valence-electron chi connectivity index (χ2n) is 8.69. The van der Waals surface area contributed by atoms with E-state index in [1.807, 2.05) is 26.8 Å². The Morgan fingerprint density at radius 3 is 2.34 bits per heavy atom. The third-order valence-electron chi connectivity index (χ3n) is 6.04. The van der Waals surface area contributed by atoms with E-state index in [4.69, 9.17) is 11.6 Å². The van der Waals surface area contributed by atoms with Crippen molar-refractivity contribution >= 4 is 35.3 Å². The number of hydrogen-bond acceptors (Lipinski definition) is 5. The fourth-order valence-corrected chi connectivity index (χ4v) is 4.31. The van der Waals surface area contributed by atoms with Gasteiger partial charge in [-0.15, -0.1) is 0 Å². The van der Waals surface area contributed by atoms with Gasteiger partial charge >= 0.3 is 5.97 Å². The normalized spacial score (nSPS) is 14.6. The second-order valence-corrected chi connectivity index (χ2v) is 9.10. The molecule has 3 amide bonds. The Morgan fingerprint density at radius 1 is 1.00 bits per heavy atom. The Bertz CT molecular complexity index is 1390. The van der Waals surface area contributed by atoms with Gasteiger partial charge in [-0.05, 0) is 79.5 Å². The average Bonchev–Trinajstić information content (AvgIpc) is 3.17. The molecule has 0 aliphatic heterocycles. The van der Waals surface area contributed by atoms with Crippen molar-refractivity contribution in [1.82, 2.24) is 16.0 Å². The second kappa shape index (κ2) is 12.2. The lowest BCUT2D eigenvalue weighted by atomic mass is 10.0. The van der Waals surface area contributed by atoms with Gasteiger partial charge in [0.2, 0.25) is 0 Å². The van der Waals surface area contributed by atoms with Crippen LogP contribution in [0, 0.1) is 0 Å². The predicted molar refractivity (Wildman–Crippen MR) is 143 cm³/mol. The SMILES string of the molecule is C/C=C1/C(C)=CC(C(=O)NCC(NC(=O)c2ccc(C(=O)NCc3cccc(O)c3)cc2Cl)C(=O)O)=C1C. The molecule has 10 heteroatoms. The summed E-state index contributed by atoms with van der Waals surface area (Å²) in [5.74, 6) is -2.93. The Labute approximate surface area is 224 Å². The van der Waals surface area contributed by atoms with E-state index in [2.05, 4.69) is 16.0 Å². The van der Waals surface area contributed by atoms with Crippen molar-refractivity contribution in [2.45, 2.75) is 33.4 Å². The fraction of sp³-hybridized carbons (Fsp3) is 0.214. The first-order valence-electron chi connectivity index (χ1n) is 11.8. The topological polar surface area (TPSA) is 145 Å². The van der Waals surface area contributed by atoms with Gasteiger partial charge in [0, 0.05) is 24.2 Å². The summed E-state index contributed by atoms with van der Waals surface area (Å²) in [5.41, 5.74) is 3.97. The number of aliphatic carboxylic acids is 1. The first-order valence-corrected chi connectivity index (χ1v) is 12.1. The molecule has 3 rings (SSSR count). The number of amides is 3. The zero-order valence-corrected chi connectivity index (χ0v) is 21.8. The van der Waals surface area contributed by atoms with Crippen LogP contribution in [0.1, 0.15) is 47.1 Å². The van der Waals surface area contributed by atoms with Crippen LogP contribution in [0.4, 0.5) is 0 Å². The van der Waals surface area contributed by atoms with Gasteiger partial charge in [-0.3, -0.25) is 14.4 Å². The van der Waals surface area contributed by atoms with Crippen molar-refractivity contribution in [3.63, 3.8) is 0 Å². The zero-order chi connectivity index (χ0) is 28.0. The third-order valence-corrected chi connectivity index (χ3v) is 6.35. The molecule has 1 unspecified atom stereocenters. The number of rotatable bonds is 9. The van der Waals surface area contributed by atoms with Crippen LogP contribution in [-0.4, -0.2) is 46.5 Å². The number of nitrogens with one attached hydrogen (secondary N) is 3. The summed E-state index contributed by atoms with van der Waals surface area (Å²) in [6.45, 7) is 5.39. The average molecular weight is 538 g/mol. The molecule has 38 heavy (non-hydrogen) atoms. The van der Waals surface area contributed by atoms with Gasteiger partial charge in [0.1, 0.15) is 11.8 Å². The molecule has 1 aliphatic rings. The van der Waals surface area contributed by atoms with Gasteiger partial charge in [-0.2, -0.15) is 0 Å². The van der Waals surface area contributed by atoms with Crippen molar-refractivity contribution in [2.75, 3.05) is 6.54 Å². The number of carboxylic acid groups (broad SMARTS) is 1. The van der Waals surface area contributed by atoms with Crippen LogP contribution in [0.2, 0.25) is 5.02 Å². The number of phenols is 1. The number of carboxylic acids is 1. The summed E-state index contributed by atoms with van der Waals surface area (Å²) < 4.78 is 0. The van der Waals surface area contributed by atoms with Crippen LogP contribution in [0.15, 0.2) is 76.9 Å². The van der Waals surface area contributed by atoms with E-state index in [1.165, 1.54) is 30.3 Å². The number of phenolic OH excluding ortho intramolecular Hbond substituents is 1. The highest BCUT2D eigenvalue weighted by Gasteiger charge is 2.25. The van der Waals surface area contributed by atoms with E-state index >= 15 is 0 Å². The Balaban J connectivity index is 1.62. The number of benzene rings is 2. The number of carbonyl (C=O) groups is 4. The molecule has 0 fully saturated rings. The maximum atomic E-state index is 12.8. The summed E-state index contributed by atoms with van der Waals surface area (Å²) in [6, 6.07) is 9.02. The van der Waals surface area contributed by atoms with E-state index < -0.39 is 29.7 Å². The van der Waals surface area contributed by atoms with Crippen molar-refractivity contribution in [2.24, 2.45) is 0 Å². The minimum Gasteiger partial charge on any atom is -0.508 e. The molecule has 1 aliphatic carbocycles. The number of halogens is 1. The molecule has 9 nitrogen and oxygen atoms in total. The van der Waals surface area contributed by atoms with Crippen molar-refractivity contribution in [3.05, 3.63) is 98.6 Å². The molecule has 0 spiro atoms. The predicted octanol–water partition coefficient (Wildman–Crippen LogP) is 3.50. The maximum absolute atomic E-state index is 12.8. The molecule has 0 bridgehead atoms. The zero-order valence-electron chi connectivity index (χ0n) is 21.1. The van der Waals surface area contributed by atoms with E-state index in [1.54, 1.807) is 18.2 Å². The molecule has 2 aromatic rings. The lowest BCUT2D eigenvalue weighted by molar-refractivity contribution is -0.139. The number of aromatic hydroxyl groups is 1. The van der Waals surface area contributed by atoms with Gasteiger partial charge in [0.25, 0.3) is 17.7 Å². The number of hydrogen-bond donors (Lipinski definition) is 5. The Morgan fingerprint density at radius 2 is 1.74 bits per heavy atom. The van der Waals surface area contributed by atoms with Crippen LogP contribution in [0.5, 0.6) is 5.75 Å².